The lowest BCUT2D eigenvalue weighted by molar-refractivity contribution is -0.120. The molecule has 2 N–H and O–H groups in total. The van der Waals surface area contributed by atoms with Crippen LogP contribution in [-0.2, 0) is 16.0 Å². The molecule has 1 aromatic heterocycles. The molecule has 6 nitrogen and oxygen atoms in total. The molecule has 2 aromatic rings. The second kappa shape index (κ2) is 6.73. The molecule has 1 aliphatic rings. The van der Waals surface area contributed by atoms with Gasteiger partial charge < -0.3 is 0 Å². The maximum atomic E-state index is 12.2. The van der Waals surface area contributed by atoms with E-state index < -0.39 is 0 Å². The van der Waals surface area contributed by atoms with E-state index in [1.807, 2.05) is 31.2 Å². The Kier molecular flexibility index (Phi) is 4.50. The summed E-state index contributed by atoms with van der Waals surface area (Å²) in [5.41, 5.74) is 2.08. The Balaban J connectivity index is 1.61. The maximum absolute atomic E-state index is 12.2. The molecule has 1 aromatic carbocycles. The molecular formula is C17H20N4O2. The second-order valence-electron chi connectivity index (χ2n) is 6.05. The Morgan fingerprint density at radius 3 is 2.78 bits per heavy atom. The van der Waals surface area contributed by atoms with Gasteiger partial charge in [0.05, 0.1) is 5.92 Å². The summed E-state index contributed by atoms with van der Waals surface area (Å²) in [5, 5.41) is 8.99. The summed E-state index contributed by atoms with van der Waals surface area (Å²) in [4.78, 5) is 27.8. The van der Waals surface area contributed by atoms with Crippen molar-refractivity contribution in [3.05, 3.63) is 41.7 Å². The first-order chi connectivity index (χ1) is 11.1. The van der Waals surface area contributed by atoms with Crippen LogP contribution in [0.5, 0.6) is 0 Å². The smallest absolute Gasteiger partial charge is 0.233 e. The first-order valence-corrected chi connectivity index (χ1v) is 7.91. The van der Waals surface area contributed by atoms with E-state index in [0.717, 1.165) is 36.8 Å². The van der Waals surface area contributed by atoms with Crippen molar-refractivity contribution in [2.75, 3.05) is 5.32 Å². The van der Waals surface area contributed by atoms with Crippen molar-refractivity contribution in [2.24, 2.45) is 5.92 Å². The number of rotatable bonds is 5. The van der Waals surface area contributed by atoms with Crippen molar-refractivity contribution in [3.8, 4) is 0 Å². The minimum absolute atomic E-state index is 0.138. The zero-order valence-electron chi connectivity index (χ0n) is 13.1. The van der Waals surface area contributed by atoms with Gasteiger partial charge in [-0.15, -0.1) is 0 Å². The summed E-state index contributed by atoms with van der Waals surface area (Å²) in [6, 6.07) is 7.94. The number of aromatic amines is 1. The van der Waals surface area contributed by atoms with Gasteiger partial charge in [-0.05, 0) is 37.3 Å². The van der Waals surface area contributed by atoms with Crippen molar-refractivity contribution < 1.29 is 9.59 Å². The topological polar surface area (TPSA) is 87.7 Å². The van der Waals surface area contributed by atoms with Crippen molar-refractivity contribution in [3.63, 3.8) is 0 Å². The lowest BCUT2D eigenvalue weighted by Gasteiger charge is -2.13. The van der Waals surface area contributed by atoms with Gasteiger partial charge in [-0.2, -0.15) is 10.1 Å². The van der Waals surface area contributed by atoms with Gasteiger partial charge in [0.15, 0.2) is 0 Å². The molecule has 1 saturated carbocycles. The maximum Gasteiger partial charge on any atom is 0.233 e. The van der Waals surface area contributed by atoms with Gasteiger partial charge >= 0.3 is 0 Å². The van der Waals surface area contributed by atoms with E-state index in [-0.39, 0.29) is 17.7 Å². The van der Waals surface area contributed by atoms with E-state index in [1.54, 1.807) is 0 Å². The fraction of sp³-hybridized carbons (Fsp3) is 0.412. The number of Topliss-reactive ketones (excluding diaryl/α,β-unsaturated/α-hetero) is 1. The summed E-state index contributed by atoms with van der Waals surface area (Å²) >= 11 is 0. The number of hydrogen-bond acceptors (Lipinski definition) is 4. The molecule has 0 radical (unpaired) electrons. The highest BCUT2D eigenvalue weighted by atomic mass is 16.2. The van der Waals surface area contributed by atoms with Crippen molar-refractivity contribution in [2.45, 2.75) is 38.5 Å². The van der Waals surface area contributed by atoms with Gasteiger partial charge in [-0.25, -0.2) is 5.10 Å². The SMILES string of the molecule is C[C@H](C(=O)Nc1ncn[nH]1)c1ccc(C[C@@H]2CCCC2=O)cc1. The third-order valence-electron chi connectivity index (χ3n) is 4.44. The first kappa shape index (κ1) is 15.4. The average molecular weight is 312 g/mol. The predicted octanol–water partition coefficient (Wildman–Crippen LogP) is 2.46. The fourth-order valence-corrected chi connectivity index (χ4v) is 2.97. The lowest BCUT2D eigenvalue weighted by Crippen LogP contribution is -2.19. The molecule has 1 amide bonds. The quantitative estimate of drug-likeness (QED) is 0.887. The van der Waals surface area contributed by atoms with Crippen LogP contribution < -0.4 is 5.32 Å². The molecule has 1 aliphatic carbocycles. The number of amides is 1. The first-order valence-electron chi connectivity index (χ1n) is 7.91. The van der Waals surface area contributed by atoms with Gasteiger partial charge in [0.1, 0.15) is 12.1 Å². The normalized spacial score (nSPS) is 18.8. The third-order valence-corrected chi connectivity index (χ3v) is 4.44. The molecule has 3 rings (SSSR count). The third kappa shape index (κ3) is 3.64. The zero-order chi connectivity index (χ0) is 16.2. The Bertz CT molecular complexity index is 679. The van der Waals surface area contributed by atoms with E-state index in [1.165, 1.54) is 6.33 Å². The highest BCUT2D eigenvalue weighted by Gasteiger charge is 2.24. The van der Waals surface area contributed by atoms with Crippen LogP contribution in [0.25, 0.3) is 0 Å². The summed E-state index contributed by atoms with van der Waals surface area (Å²) in [6.45, 7) is 1.85. The number of benzene rings is 1. The molecule has 1 fully saturated rings. The standard InChI is InChI=1S/C17H20N4O2/c1-11(16(23)20-17-18-10-19-21-17)13-7-5-12(6-8-13)9-14-3-2-4-15(14)22/h5-8,10-11,14H,2-4,9H2,1H3,(H2,18,19,20,21,23)/t11-,14-/m0/s1. The molecule has 0 saturated heterocycles. The van der Waals surface area contributed by atoms with Crippen molar-refractivity contribution in [1.29, 1.82) is 0 Å². The molecule has 0 aliphatic heterocycles. The van der Waals surface area contributed by atoms with E-state index in [9.17, 15) is 9.59 Å². The summed E-state index contributed by atoms with van der Waals surface area (Å²) in [7, 11) is 0. The highest BCUT2D eigenvalue weighted by Crippen LogP contribution is 2.26. The number of anilines is 1. The zero-order valence-corrected chi connectivity index (χ0v) is 13.1. The van der Waals surface area contributed by atoms with Gasteiger partial charge in [0.2, 0.25) is 11.9 Å². The summed E-state index contributed by atoms with van der Waals surface area (Å²) in [5.74, 6) is 0.475. The van der Waals surface area contributed by atoms with Crippen LogP contribution in [0, 0.1) is 5.92 Å². The molecule has 2 atom stereocenters. The van der Waals surface area contributed by atoms with Crippen LogP contribution in [-0.4, -0.2) is 26.9 Å². The van der Waals surface area contributed by atoms with Gasteiger partial charge in [-0.3, -0.25) is 14.9 Å². The monoisotopic (exact) mass is 312 g/mol. The number of carbonyl (C=O) groups excluding carboxylic acids is 2. The van der Waals surface area contributed by atoms with Crippen LogP contribution in [0.3, 0.4) is 0 Å². The number of nitrogens with zero attached hydrogens (tertiary/aromatic N) is 2. The van der Waals surface area contributed by atoms with E-state index in [4.69, 9.17) is 0 Å². The molecule has 1 heterocycles. The molecule has 0 unspecified atom stereocenters. The van der Waals surface area contributed by atoms with E-state index in [2.05, 4.69) is 20.5 Å². The number of carbonyl (C=O) groups is 2. The Morgan fingerprint density at radius 1 is 1.39 bits per heavy atom. The minimum Gasteiger partial charge on any atom is -0.299 e. The molecule has 23 heavy (non-hydrogen) atoms. The summed E-state index contributed by atoms with van der Waals surface area (Å²) in [6.07, 6.45) is 4.88. The van der Waals surface area contributed by atoms with E-state index >= 15 is 0 Å². The van der Waals surface area contributed by atoms with E-state index in [0.29, 0.717) is 11.7 Å². The van der Waals surface area contributed by atoms with Gasteiger partial charge in [0.25, 0.3) is 0 Å². The molecule has 120 valence electrons. The van der Waals surface area contributed by atoms with Crippen LogP contribution in [0.4, 0.5) is 5.95 Å². The Morgan fingerprint density at radius 2 is 2.17 bits per heavy atom. The largest absolute Gasteiger partial charge is 0.299 e. The minimum atomic E-state index is -0.290. The Hall–Kier alpha value is -2.50. The molecule has 0 bridgehead atoms. The second-order valence-corrected chi connectivity index (χ2v) is 6.05. The van der Waals surface area contributed by atoms with Gasteiger partial charge in [0, 0.05) is 12.3 Å². The van der Waals surface area contributed by atoms with Crippen LogP contribution in [0.1, 0.15) is 43.2 Å². The highest BCUT2D eigenvalue weighted by molar-refractivity contribution is 5.94. The number of aromatic nitrogens is 3. The summed E-state index contributed by atoms with van der Waals surface area (Å²) < 4.78 is 0. The van der Waals surface area contributed by atoms with Crippen molar-refractivity contribution in [1.82, 2.24) is 15.2 Å². The number of H-pyrrole nitrogens is 1. The average Bonchev–Trinajstić information content (AvgIpc) is 3.20. The fourth-order valence-electron chi connectivity index (χ4n) is 2.97. The number of hydrogen-bond donors (Lipinski definition) is 2. The molecule has 0 spiro atoms. The molecule has 6 heteroatoms. The lowest BCUT2D eigenvalue weighted by atomic mass is 9.94. The number of ketones is 1. The number of nitrogens with one attached hydrogen (secondary N) is 2. The molecular weight excluding hydrogens is 292 g/mol. The predicted molar refractivity (Wildman–Crippen MR) is 85.9 cm³/mol. The Labute approximate surface area is 134 Å². The van der Waals surface area contributed by atoms with Crippen LogP contribution >= 0.6 is 0 Å². The van der Waals surface area contributed by atoms with Gasteiger partial charge in [-0.1, -0.05) is 24.3 Å². The van der Waals surface area contributed by atoms with Crippen LogP contribution in [0.15, 0.2) is 30.6 Å². The van der Waals surface area contributed by atoms with Crippen molar-refractivity contribution >= 4 is 17.6 Å². The van der Waals surface area contributed by atoms with Crippen LogP contribution in [0.2, 0.25) is 0 Å².